The molecule has 0 radical (unpaired) electrons. The van der Waals surface area contributed by atoms with E-state index in [9.17, 15) is 4.79 Å². The number of hydrogen-bond acceptors (Lipinski definition) is 5. The van der Waals surface area contributed by atoms with E-state index in [0.717, 1.165) is 14.5 Å². The van der Waals surface area contributed by atoms with Crippen molar-refractivity contribution < 1.29 is 18.7 Å². The maximum atomic E-state index is 12.2. The van der Waals surface area contributed by atoms with Gasteiger partial charge in [0.05, 0.1) is 16.9 Å². The highest BCUT2D eigenvalue weighted by Gasteiger charge is 2.12. The highest BCUT2D eigenvalue weighted by molar-refractivity contribution is 14.1. The number of fused-ring (bicyclic) bond motifs is 1. The molecule has 1 amide bonds. The van der Waals surface area contributed by atoms with Crippen LogP contribution in [0.2, 0.25) is 0 Å². The molecule has 0 atom stereocenters. The number of benzene rings is 2. The van der Waals surface area contributed by atoms with Crippen molar-refractivity contribution in [3.05, 3.63) is 70.0 Å². The highest BCUT2D eigenvalue weighted by atomic mass is 127. The number of hydrogen-bond donors (Lipinski definition) is 1. The van der Waals surface area contributed by atoms with E-state index in [1.54, 1.807) is 31.4 Å². The topological polar surface area (TPSA) is 73.1 Å². The van der Waals surface area contributed by atoms with E-state index in [1.165, 1.54) is 6.21 Å². The number of ether oxygens (including phenoxy) is 2. The number of hydrazone groups is 1. The standard InChI is InChI=1S/C20H17IN2O4/c1-3-8-26-19-15(21)9-13(10-17(19)25-2)12-22-23-20(24)18-11-14-6-4-5-7-16(14)27-18/h3-7,9-12H,1,8H2,2H3,(H,23,24)/b22-12-. The summed E-state index contributed by atoms with van der Waals surface area (Å²) in [5.74, 6) is 0.999. The second-order valence-corrected chi connectivity index (χ2v) is 6.64. The van der Waals surface area contributed by atoms with Crippen LogP contribution < -0.4 is 14.9 Å². The number of methoxy groups -OCH3 is 1. The van der Waals surface area contributed by atoms with Gasteiger partial charge < -0.3 is 13.9 Å². The van der Waals surface area contributed by atoms with Gasteiger partial charge in [-0.2, -0.15) is 5.10 Å². The van der Waals surface area contributed by atoms with Gasteiger partial charge in [0.25, 0.3) is 0 Å². The molecule has 0 unspecified atom stereocenters. The minimum Gasteiger partial charge on any atom is -0.493 e. The molecule has 27 heavy (non-hydrogen) atoms. The molecule has 1 N–H and O–H groups in total. The second kappa shape index (κ2) is 8.72. The highest BCUT2D eigenvalue weighted by Crippen LogP contribution is 2.33. The molecular formula is C20H17IN2O4. The molecular weight excluding hydrogens is 459 g/mol. The van der Waals surface area contributed by atoms with Crippen LogP contribution in [0, 0.1) is 3.57 Å². The first-order valence-corrected chi connectivity index (χ1v) is 9.13. The fourth-order valence-corrected chi connectivity index (χ4v) is 3.19. The van der Waals surface area contributed by atoms with Crippen molar-refractivity contribution in [3.63, 3.8) is 0 Å². The van der Waals surface area contributed by atoms with Gasteiger partial charge in [-0.05, 0) is 52.4 Å². The minimum atomic E-state index is -0.421. The Bertz CT molecular complexity index is 977. The van der Waals surface area contributed by atoms with Crippen LogP contribution in [0.4, 0.5) is 0 Å². The summed E-state index contributed by atoms with van der Waals surface area (Å²) in [5.41, 5.74) is 3.87. The fourth-order valence-electron chi connectivity index (χ4n) is 2.41. The predicted octanol–water partition coefficient (Wildman–Crippen LogP) is 4.37. The summed E-state index contributed by atoms with van der Waals surface area (Å²) in [5, 5.41) is 4.86. The lowest BCUT2D eigenvalue weighted by molar-refractivity contribution is 0.0929. The third kappa shape index (κ3) is 4.48. The summed E-state index contributed by atoms with van der Waals surface area (Å²) in [6, 6.07) is 12.7. The first-order valence-electron chi connectivity index (χ1n) is 8.05. The average molecular weight is 476 g/mol. The summed E-state index contributed by atoms with van der Waals surface area (Å²) in [7, 11) is 1.57. The van der Waals surface area contributed by atoms with Gasteiger partial charge in [-0.3, -0.25) is 4.79 Å². The van der Waals surface area contributed by atoms with Gasteiger partial charge in [-0.15, -0.1) is 0 Å². The molecule has 0 saturated heterocycles. The van der Waals surface area contributed by atoms with E-state index in [1.807, 2.05) is 24.3 Å². The fraction of sp³-hybridized carbons (Fsp3) is 0.100. The molecule has 7 heteroatoms. The van der Waals surface area contributed by atoms with E-state index in [0.29, 0.717) is 23.7 Å². The molecule has 0 aliphatic carbocycles. The lowest BCUT2D eigenvalue weighted by Gasteiger charge is -2.12. The quantitative estimate of drug-likeness (QED) is 0.238. The van der Waals surface area contributed by atoms with E-state index >= 15 is 0 Å². The largest absolute Gasteiger partial charge is 0.493 e. The Kier molecular flexibility index (Phi) is 6.12. The van der Waals surface area contributed by atoms with Gasteiger partial charge in [0.1, 0.15) is 12.2 Å². The van der Waals surface area contributed by atoms with Gasteiger partial charge in [-0.25, -0.2) is 5.43 Å². The zero-order chi connectivity index (χ0) is 19.2. The minimum absolute atomic E-state index is 0.202. The lowest BCUT2D eigenvalue weighted by atomic mass is 10.2. The van der Waals surface area contributed by atoms with Crippen molar-refractivity contribution in [3.8, 4) is 11.5 Å². The maximum Gasteiger partial charge on any atom is 0.307 e. The first-order chi connectivity index (χ1) is 13.1. The number of carbonyl (C=O) groups excluding carboxylic acids is 1. The van der Waals surface area contributed by atoms with Crippen molar-refractivity contribution in [1.29, 1.82) is 0 Å². The van der Waals surface area contributed by atoms with Gasteiger partial charge in [0, 0.05) is 5.39 Å². The molecule has 0 saturated carbocycles. The Labute approximate surface area is 170 Å². The molecule has 2 aromatic carbocycles. The third-order valence-electron chi connectivity index (χ3n) is 3.63. The Hall–Kier alpha value is -2.81. The van der Waals surface area contributed by atoms with Crippen LogP contribution in [0.5, 0.6) is 11.5 Å². The SMILES string of the molecule is C=CCOc1c(I)cc(/C=N\NC(=O)c2cc3ccccc3o2)cc1OC. The summed E-state index contributed by atoms with van der Waals surface area (Å²) in [6.07, 6.45) is 3.20. The third-order valence-corrected chi connectivity index (χ3v) is 4.43. The van der Waals surface area contributed by atoms with Gasteiger partial charge in [0.15, 0.2) is 17.3 Å². The maximum absolute atomic E-state index is 12.2. The van der Waals surface area contributed by atoms with Crippen LogP contribution >= 0.6 is 22.6 Å². The Balaban J connectivity index is 1.72. The van der Waals surface area contributed by atoms with Crippen LogP contribution in [-0.4, -0.2) is 25.8 Å². The van der Waals surface area contributed by atoms with E-state index in [2.05, 4.69) is 39.7 Å². The Morgan fingerprint density at radius 2 is 2.15 bits per heavy atom. The number of nitrogens with zero attached hydrogens (tertiary/aromatic N) is 1. The van der Waals surface area contributed by atoms with E-state index in [-0.39, 0.29) is 5.76 Å². The normalized spacial score (nSPS) is 10.9. The molecule has 0 aliphatic rings. The van der Waals surface area contributed by atoms with Crippen LogP contribution in [0.25, 0.3) is 11.0 Å². The molecule has 1 aromatic heterocycles. The number of halogens is 1. The lowest BCUT2D eigenvalue weighted by Crippen LogP contribution is -2.16. The zero-order valence-electron chi connectivity index (χ0n) is 14.6. The van der Waals surface area contributed by atoms with Crippen molar-refractivity contribution in [2.24, 2.45) is 5.10 Å². The number of carbonyl (C=O) groups is 1. The number of furan rings is 1. The van der Waals surface area contributed by atoms with Crippen LogP contribution in [0.3, 0.4) is 0 Å². The number of amides is 1. The molecule has 0 aliphatic heterocycles. The number of rotatable bonds is 7. The summed E-state index contributed by atoms with van der Waals surface area (Å²) in [4.78, 5) is 12.2. The van der Waals surface area contributed by atoms with Crippen molar-refractivity contribution in [1.82, 2.24) is 5.43 Å². The molecule has 3 aromatic rings. The molecule has 0 spiro atoms. The van der Waals surface area contributed by atoms with Crippen LogP contribution in [0.1, 0.15) is 16.1 Å². The van der Waals surface area contributed by atoms with Gasteiger partial charge in [0.2, 0.25) is 0 Å². The molecule has 6 nitrogen and oxygen atoms in total. The van der Waals surface area contributed by atoms with E-state index < -0.39 is 5.91 Å². The number of para-hydroxylation sites is 1. The smallest absolute Gasteiger partial charge is 0.307 e. The monoisotopic (exact) mass is 476 g/mol. The molecule has 0 fully saturated rings. The summed E-state index contributed by atoms with van der Waals surface area (Å²) < 4.78 is 17.4. The molecule has 138 valence electrons. The Morgan fingerprint density at radius 1 is 1.33 bits per heavy atom. The van der Waals surface area contributed by atoms with Crippen LogP contribution in [-0.2, 0) is 0 Å². The van der Waals surface area contributed by atoms with Crippen molar-refractivity contribution in [2.75, 3.05) is 13.7 Å². The molecule has 1 heterocycles. The average Bonchev–Trinajstić information content (AvgIpc) is 3.11. The molecule has 0 bridgehead atoms. The number of nitrogens with one attached hydrogen (secondary N) is 1. The van der Waals surface area contributed by atoms with Crippen molar-refractivity contribution in [2.45, 2.75) is 0 Å². The van der Waals surface area contributed by atoms with Gasteiger partial charge >= 0.3 is 5.91 Å². The Morgan fingerprint density at radius 3 is 2.89 bits per heavy atom. The van der Waals surface area contributed by atoms with Crippen LogP contribution in [0.15, 0.2) is 64.6 Å². The summed E-state index contributed by atoms with van der Waals surface area (Å²) in [6.45, 7) is 4.02. The van der Waals surface area contributed by atoms with Gasteiger partial charge in [-0.1, -0.05) is 30.9 Å². The second-order valence-electron chi connectivity index (χ2n) is 5.48. The first kappa shape index (κ1) is 19.0. The van der Waals surface area contributed by atoms with E-state index in [4.69, 9.17) is 13.9 Å². The predicted molar refractivity (Wildman–Crippen MR) is 113 cm³/mol. The van der Waals surface area contributed by atoms with Crippen molar-refractivity contribution >= 4 is 45.7 Å². The summed E-state index contributed by atoms with van der Waals surface area (Å²) >= 11 is 2.15. The molecule has 3 rings (SSSR count). The zero-order valence-corrected chi connectivity index (χ0v) is 16.7.